The molecule has 0 unspecified atom stereocenters. The van der Waals surface area contributed by atoms with Crippen molar-refractivity contribution in [2.24, 2.45) is 0 Å². The second-order valence-electron chi connectivity index (χ2n) is 4.46. The molecule has 108 valence electrons. The van der Waals surface area contributed by atoms with Gasteiger partial charge >= 0.3 is 0 Å². The maximum atomic E-state index is 4.53. The van der Waals surface area contributed by atoms with Crippen LogP contribution in [0.5, 0.6) is 0 Å². The summed E-state index contributed by atoms with van der Waals surface area (Å²) < 4.78 is 0.886. The van der Waals surface area contributed by atoms with Crippen molar-refractivity contribution in [1.29, 1.82) is 0 Å². The number of nitrogens with one attached hydrogen (secondary N) is 1. The quantitative estimate of drug-likeness (QED) is 0.823. The van der Waals surface area contributed by atoms with Gasteiger partial charge in [0.05, 0.1) is 0 Å². The first-order valence-corrected chi connectivity index (χ1v) is 7.99. The number of nitrogens with zero attached hydrogens (tertiary/aromatic N) is 5. The average Bonchev–Trinajstić information content (AvgIpc) is 2.88. The van der Waals surface area contributed by atoms with Crippen molar-refractivity contribution in [3.05, 3.63) is 11.8 Å². The van der Waals surface area contributed by atoms with Crippen LogP contribution in [0.15, 0.2) is 15.6 Å². The fourth-order valence-electron chi connectivity index (χ4n) is 1.36. The molecule has 0 aromatic carbocycles. The van der Waals surface area contributed by atoms with Crippen molar-refractivity contribution in [3.8, 4) is 0 Å². The van der Waals surface area contributed by atoms with Crippen molar-refractivity contribution < 1.29 is 0 Å². The number of hydrogen-bond donors (Lipinski definition) is 1. The van der Waals surface area contributed by atoms with Crippen LogP contribution in [0.3, 0.4) is 0 Å². The number of aromatic nitrogens is 4. The van der Waals surface area contributed by atoms with Crippen LogP contribution in [0.1, 0.15) is 18.9 Å². The van der Waals surface area contributed by atoms with E-state index in [-0.39, 0.29) is 0 Å². The summed E-state index contributed by atoms with van der Waals surface area (Å²) in [6.07, 6.45) is 2.88. The first-order valence-electron chi connectivity index (χ1n) is 6.36. The van der Waals surface area contributed by atoms with Crippen LogP contribution in [0, 0.1) is 6.92 Å². The molecule has 0 radical (unpaired) electrons. The molecule has 2 aromatic rings. The van der Waals surface area contributed by atoms with Crippen LogP contribution >= 0.6 is 23.1 Å². The van der Waals surface area contributed by atoms with Gasteiger partial charge in [-0.05, 0) is 25.1 Å². The maximum Gasteiger partial charge on any atom is 0.223 e. The SMILES string of the molecule is CCCNc1ncc(C)c(Sc2nnc(N(C)C)s2)n1. The van der Waals surface area contributed by atoms with Gasteiger partial charge in [-0.1, -0.05) is 18.3 Å². The zero-order valence-electron chi connectivity index (χ0n) is 12.0. The van der Waals surface area contributed by atoms with E-state index in [2.05, 4.69) is 32.4 Å². The van der Waals surface area contributed by atoms with E-state index in [1.54, 1.807) is 11.3 Å². The Balaban J connectivity index is 2.14. The van der Waals surface area contributed by atoms with E-state index < -0.39 is 0 Å². The number of aryl methyl sites for hydroxylation is 1. The van der Waals surface area contributed by atoms with E-state index in [4.69, 9.17) is 0 Å². The molecule has 0 aliphatic rings. The molecular weight excluding hydrogens is 292 g/mol. The van der Waals surface area contributed by atoms with Gasteiger partial charge in [-0.25, -0.2) is 9.97 Å². The topological polar surface area (TPSA) is 66.8 Å². The van der Waals surface area contributed by atoms with Crippen molar-refractivity contribution in [2.45, 2.75) is 29.6 Å². The highest BCUT2D eigenvalue weighted by Crippen LogP contribution is 2.33. The Kier molecular flexibility index (Phi) is 5.13. The van der Waals surface area contributed by atoms with Crippen LogP contribution in [0.4, 0.5) is 11.1 Å². The van der Waals surface area contributed by atoms with E-state index in [1.165, 1.54) is 11.8 Å². The highest BCUT2D eigenvalue weighted by molar-refractivity contribution is 8.01. The second kappa shape index (κ2) is 6.85. The lowest BCUT2D eigenvalue weighted by Gasteiger charge is -2.06. The predicted octanol–water partition coefficient (Wildman–Crippen LogP) is 2.68. The molecule has 2 heterocycles. The van der Waals surface area contributed by atoms with Crippen molar-refractivity contribution in [1.82, 2.24) is 20.2 Å². The monoisotopic (exact) mass is 310 g/mol. The molecule has 0 aliphatic carbocycles. The molecule has 0 fully saturated rings. The van der Waals surface area contributed by atoms with E-state index in [1.807, 2.05) is 32.1 Å². The summed E-state index contributed by atoms with van der Waals surface area (Å²) >= 11 is 3.08. The third-order valence-corrected chi connectivity index (χ3v) is 4.67. The lowest BCUT2D eigenvalue weighted by molar-refractivity contribution is 0.923. The third-order valence-electron chi connectivity index (χ3n) is 2.42. The summed E-state index contributed by atoms with van der Waals surface area (Å²) in [6, 6.07) is 0. The molecule has 6 nitrogen and oxygen atoms in total. The highest BCUT2D eigenvalue weighted by atomic mass is 32.2. The smallest absolute Gasteiger partial charge is 0.223 e. The van der Waals surface area contributed by atoms with Gasteiger partial charge in [0, 0.05) is 32.4 Å². The van der Waals surface area contributed by atoms with E-state index in [0.717, 1.165) is 33.0 Å². The Labute approximate surface area is 127 Å². The molecule has 0 amide bonds. The second-order valence-corrected chi connectivity index (χ2v) is 6.65. The summed E-state index contributed by atoms with van der Waals surface area (Å²) in [6.45, 7) is 4.98. The van der Waals surface area contributed by atoms with E-state index in [9.17, 15) is 0 Å². The van der Waals surface area contributed by atoms with Crippen molar-refractivity contribution >= 4 is 34.2 Å². The average molecular weight is 310 g/mol. The van der Waals surface area contributed by atoms with Crippen LogP contribution < -0.4 is 10.2 Å². The summed E-state index contributed by atoms with van der Waals surface area (Å²) in [4.78, 5) is 10.7. The Bertz CT molecular complexity index is 569. The van der Waals surface area contributed by atoms with Crippen molar-refractivity contribution in [2.75, 3.05) is 30.9 Å². The van der Waals surface area contributed by atoms with Crippen LogP contribution in [0.25, 0.3) is 0 Å². The zero-order valence-corrected chi connectivity index (χ0v) is 13.7. The maximum absolute atomic E-state index is 4.53. The zero-order chi connectivity index (χ0) is 14.5. The summed E-state index contributed by atoms with van der Waals surface area (Å²) in [5.74, 6) is 0.664. The molecule has 0 aliphatic heterocycles. The molecule has 2 aromatic heterocycles. The van der Waals surface area contributed by atoms with Crippen molar-refractivity contribution in [3.63, 3.8) is 0 Å². The molecule has 0 spiro atoms. The molecule has 0 bridgehead atoms. The molecule has 8 heteroatoms. The number of hydrogen-bond acceptors (Lipinski definition) is 8. The van der Waals surface area contributed by atoms with Gasteiger partial charge in [0.25, 0.3) is 0 Å². The molecule has 0 atom stereocenters. The molecular formula is C12H18N6S2. The molecule has 1 N–H and O–H groups in total. The van der Waals surface area contributed by atoms with Crippen LogP contribution in [-0.2, 0) is 0 Å². The van der Waals surface area contributed by atoms with Gasteiger partial charge in [0.15, 0.2) is 4.34 Å². The summed E-state index contributed by atoms with van der Waals surface area (Å²) in [5, 5.41) is 13.3. The third kappa shape index (κ3) is 3.80. The van der Waals surface area contributed by atoms with Gasteiger partial charge in [0.2, 0.25) is 11.1 Å². The lowest BCUT2D eigenvalue weighted by Crippen LogP contribution is -2.07. The molecule has 20 heavy (non-hydrogen) atoms. The minimum absolute atomic E-state index is 0.664. The largest absolute Gasteiger partial charge is 0.354 e. The molecule has 2 rings (SSSR count). The number of rotatable bonds is 6. The predicted molar refractivity (Wildman–Crippen MR) is 83.9 cm³/mol. The fraction of sp³-hybridized carbons (Fsp3) is 0.500. The molecule has 0 saturated heterocycles. The first kappa shape index (κ1) is 15.0. The van der Waals surface area contributed by atoms with Gasteiger partial charge in [-0.15, -0.1) is 10.2 Å². The van der Waals surface area contributed by atoms with Gasteiger partial charge in [-0.3, -0.25) is 0 Å². The van der Waals surface area contributed by atoms with Gasteiger partial charge in [-0.2, -0.15) is 0 Å². The Morgan fingerprint density at radius 1 is 1.35 bits per heavy atom. The minimum atomic E-state index is 0.664. The number of anilines is 2. The van der Waals surface area contributed by atoms with E-state index >= 15 is 0 Å². The highest BCUT2D eigenvalue weighted by Gasteiger charge is 2.11. The Hall–Kier alpha value is -1.41. The Morgan fingerprint density at radius 3 is 2.80 bits per heavy atom. The van der Waals surface area contributed by atoms with Crippen LogP contribution in [0.2, 0.25) is 0 Å². The van der Waals surface area contributed by atoms with Gasteiger partial charge in [0.1, 0.15) is 5.03 Å². The van der Waals surface area contributed by atoms with Gasteiger partial charge < -0.3 is 10.2 Å². The summed E-state index contributed by atoms with van der Waals surface area (Å²) in [5.41, 5.74) is 1.04. The summed E-state index contributed by atoms with van der Waals surface area (Å²) in [7, 11) is 3.91. The lowest BCUT2D eigenvalue weighted by atomic mass is 10.4. The fourth-order valence-corrected chi connectivity index (χ4v) is 3.08. The normalized spacial score (nSPS) is 10.6. The molecule has 0 saturated carbocycles. The van der Waals surface area contributed by atoms with E-state index in [0.29, 0.717) is 5.95 Å². The first-order chi connectivity index (χ1) is 9.60. The van der Waals surface area contributed by atoms with Crippen LogP contribution in [-0.4, -0.2) is 40.8 Å². The Morgan fingerprint density at radius 2 is 2.15 bits per heavy atom. The standard InChI is InChI=1S/C12H18N6S2/c1-5-6-13-10-14-7-8(2)9(15-10)19-12-17-16-11(20-12)18(3)4/h7H,5-6H2,1-4H3,(H,13,14,15). The minimum Gasteiger partial charge on any atom is -0.354 e.